The average Bonchev–Trinajstić information content (AvgIpc) is 2.79. The molecule has 0 spiro atoms. The molecule has 3 rings (SSSR count). The molecule has 2 amide bonds. The first-order valence-electron chi connectivity index (χ1n) is 6.49. The van der Waals surface area contributed by atoms with Crippen molar-refractivity contribution in [1.29, 1.82) is 0 Å². The number of nitrogens with one attached hydrogen (secondary N) is 1. The number of benzene rings is 1. The Labute approximate surface area is 125 Å². The van der Waals surface area contributed by atoms with Crippen LogP contribution in [-0.4, -0.2) is 12.3 Å². The summed E-state index contributed by atoms with van der Waals surface area (Å²) in [5.74, 6) is -0.376. The van der Waals surface area contributed by atoms with Gasteiger partial charge in [-0.25, -0.2) is 9.80 Å². The van der Waals surface area contributed by atoms with Gasteiger partial charge in [0, 0.05) is 22.9 Å². The van der Waals surface area contributed by atoms with Crippen LogP contribution in [0.3, 0.4) is 0 Å². The number of quaternary nitrogens is 1. The first kappa shape index (κ1) is 13.8. The Bertz CT molecular complexity index is 747. The second-order valence-corrected chi connectivity index (χ2v) is 6.06. The standard InChI is InChI=1S/C15H13N3O2S/c1-9-3-5-11(6-4-9)7-12-10(2)13-14(21-12)16-17-18(8-19)15(13)20/h3-6,18H,7H2,1-2H3. The molecule has 106 valence electrons. The van der Waals surface area contributed by atoms with Crippen LogP contribution >= 0.6 is 11.3 Å². The highest BCUT2D eigenvalue weighted by Crippen LogP contribution is 2.37. The number of hydrogen-bond acceptors (Lipinski definition) is 5. The van der Waals surface area contributed by atoms with E-state index >= 15 is 0 Å². The van der Waals surface area contributed by atoms with Crippen LogP contribution in [0, 0.1) is 13.8 Å². The summed E-state index contributed by atoms with van der Waals surface area (Å²) < 4.78 is 0. The van der Waals surface area contributed by atoms with Crippen molar-refractivity contribution in [2.75, 3.05) is 0 Å². The minimum Gasteiger partial charge on any atom is -0.472 e. The Morgan fingerprint density at radius 3 is 2.62 bits per heavy atom. The van der Waals surface area contributed by atoms with Crippen LogP contribution < -0.4 is 5.01 Å². The fraction of sp³-hybridized carbons (Fsp3) is 0.200. The Balaban J connectivity index is 1.96. The summed E-state index contributed by atoms with van der Waals surface area (Å²) in [4.78, 5) is 23.9. The van der Waals surface area contributed by atoms with Gasteiger partial charge in [0.25, 0.3) is 0 Å². The summed E-state index contributed by atoms with van der Waals surface area (Å²) in [7, 11) is 0. The lowest BCUT2D eigenvalue weighted by Crippen LogP contribution is -3.09. The molecule has 0 fully saturated rings. The van der Waals surface area contributed by atoms with Crippen LogP contribution in [0.2, 0.25) is 0 Å². The molecule has 1 aromatic carbocycles. The predicted octanol–water partition coefficient (Wildman–Crippen LogP) is 2.06. The van der Waals surface area contributed by atoms with Crippen molar-refractivity contribution in [2.24, 2.45) is 10.3 Å². The Morgan fingerprint density at radius 2 is 1.95 bits per heavy atom. The van der Waals surface area contributed by atoms with Crippen LogP contribution in [0.5, 0.6) is 0 Å². The topological polar surface area (TPSA) is 63.3 Å². The van der Waals surface area contributed by atoms with Crippen LogP contribution in [-0.2, 0) is 11.2 Å². The molecule has 6 heteroatoms. The van der Waals surface area contributed by atoms with E-state index in [-0.39, 0.29) is 10.9 Å². The Morgan fingerprint density at radius 1 is 1.24 bits per heavy atom. The van der Waals surface area contributed by atoms with Crippen molar-refractivity contribution in [2.45, 2.75) is 20.3 Å². The van der Waals surface area contributed by atoms with Gasteiger partial charge < -0.3 is 4.79 Å². The normalized spacial score (nSPS) is 16.9. The van der Waals surface area contributed by atoms with Crippen molar-refractivity contribution in [1.82, 2.24) is 0 Å². The molecule has 0 saturated heterocycles. The minimum atomic E-state index is -0.376. The molecule has 1 N–H and O–H groups in total. The first-order valence-corrected chi connectivity index (χ1v) is 7.31. The van der Waals surface area contributed by atoms with Gasteiger partial charge in [0.2, 0.25) is 0 Å². The van der Waals surface area contributed by atoms with E-state index in [1.54, 1.807) is 6.41 Å². The molecule has 0 aliphatic carbocycles. The highest BCUT2D eigenvalue weighted by atomic mass is 32.1. The second kappa shape index (κ2) is 5.31. The number of aryl methyl sites for hydroxylation is 1. The van der Waals surface area contributed by atoms with Gasteiger partial charge in [-0.2, -0.15) is 0 Å². The van der Waals surface area contributed by atoms with E-state index in [4.69, 9.17) is 0 Å². The maximum Gasteiger partial charge on any atom is 0.352 e. The second-order valence-electron chi connectivity index (χ2n) is 4.97. The van der Waals surface area contributed by atoms with E-state index in [0.29, 0.717) is 10.6 Å². The number of amides is 2. The number of nitrogens with zero attached hydrogens (tertiary/aromatic N) is 2. The molecular weight excluding hydrogens is 286 g/mol. The Hall–Kier alpha value is -2.18. The van der Waals surface area contributed by atoms with Gasteiger partial charge in [-0.1, -0.05) is 34.9 Å². The van der Waals surface area contributed by atoms with Crippen LogP contribution in [0.4, 0.5) is 5.00 Å². The smallest absolute Gasteiger partial charge is 0.352 e. The Kier molecular flexibility index (Phi) is 3.48. The molecule has 0 saturated carbocycles. The zero-order valence-electron chi connectivity index (χ0n) is 11.6. The zero-order chi connectivity index (χ0) is 15.0. The molecule has 5 nitrogen and oxygen atoms in total. The van der Waals surface area contributed by atoms with E-state index in [1.165, 1.54) is 22.5 Å². The number of fused-ring (bicyclic) bond motifs is 1. The number of rotatable bonds is 3. The fourth-order valence-electron chi connectivity index (χ4n) is 2.27. The highest BCUT2D eigenvalue weighted by Gasteiger charge is 2.30. The van der Waals surface area contributed by atoms with Gasteiger partial charge in [0.05, 0.1) is 0 Å². The largest absolute Gasteiger partial charge is 0.472 e. The molecule has 1 unspecified atom stereocenters. The SMILES string of the molecule is Cc1ccc(Cc2sc3c(c2C)C(=O)[NH+]([C-]=O)N=N3)cc1. The number of hydrogen-bond donors (Lipinski definition) is 1. The molecule has 0 bridgehead atoms. The molecule has 0 radical (unpaired) electrons. The average molecular weight is 299 g/mol. The third kappa shape index (κ3) is 2.43. The number of thiophene rings is 1. The van der Waals surface area contributed by atoms with E-state index < -0.39 is 0 Å². The molecular formula is C15H13N3O2S. The van der Waals surface area contributed by atoms with Gasteiger partial charge in [0.15, 0.2) is 5.00 Å². The predicted molar refractivity (Wildman–Crippen MR) is 78.5 cm³/mol. The maximum atomic E-state index is 12.1. The van der Waals surface area contributed by atoms with E-state index in [0.717, 1.165) is 16.9 Å². The summed E-state index contributed by atoms with van der Waals surface area (Å²) in [5, 5.41) is 7.92. The van der Waals surface area contributed by atoms with Gasteiger partial charge in [-0.3, -0.25) is 0 Å². The summed E-state index contributed by atoms with van der Waals surface area (Å²) in [5.41, 5.74) is 3.77. The number of carbonyl (C=O) groups is 1. The monoisotopic (exact) mass is 299 g/mol. The van der Waals surface area contributed by atoms with Crippen molar-refractivity contribution in [3.05, 3.63) is 51.4 Å². The van der Waals surface area contributed by atoms with Crippen LogP contribution in [0.25, 0.3) is 0 Å². The molecule has 2 aromatic rings. The van der Waals surface area contributed by atoms with Crippen LogP contribution in [0.15, 0.2) is 34.6 Å². The van der Waals surface area contributed by atoms with E-state index in [2.05, 4.69) is 34.6 Å². The fourth-order valence-corrected chi connectivity index (χ4v) is 3.42. The van der Waals surface area contributed by atoms with E-state index in [1.807, 2.05) is 13.8 Å². The molecule has 1 aliphatic heterocycles. The van der Waals surface area contributed by atoms with Gasteiger partial charge >= 0.3 is 5.91 Å². The lowest BCUT2D eigenvalue weighted by molar-refractivity contribution is -0.724. The minimum absolute atomic E-state index is 0.245. The van der Waals surface area contributed by atoms with Crippen molar-refractivity contribution >= 4 is 28.7 Å². The number of carbonyl (C=O) groups excluding carboxylic acids is 2. The molecule has 2 heterocycles. The highest BCUT2D eigenvalue weighted by molar-refractivity contribution is 7.16. The molecule has 21 heavy (non-hydrogen) atoms. The van der Waals surface area contributed by atoms with Crippen LogP contribution in [0.1, 0.15) is 31.9 Å². The lowest BCUT2D eigenvalue weighted by atomic mass is 10.0. The summed E-state index contributed by atoms with van der Waals surface area (Å²) in [6.07, 6.45) is 2.29. The lowest BCUT2D eigenvalue weighted by Gasteiger charge is -2.12. The van der Waals surface area contributed by atoms with E-state index in [9.17, 15) is 9.59 Å². The van der Waals surface area contributed by atoms with Crippen molar-refractivity contribution < 1.29 is 14.6 Å². The quantitative estimate of drug-likeness (QED) is 0.882. The summed E-state index contributed by atoms with van der Waals surface area (Å²) >= 11 is 1.45. The summed E-state index contributed by atoms with van der Waals surface area (Å²) in [6, 6.07) is 8.29. The molecule has 1 aliphatic rings. The van der Waals surface area contributed by atoms with Crippen molar-refractivity contribution in [3.8, 4) is 0 Å². The third-order valence-corrected chi connectivity index (χ3v) is 4.67. The van der Waals surface area contributed by atoms with Gasteiger partial charge in [0.1, 0.15) is 5.56 Å². The third-order valence-electron chi connectivity index (χ3n) is 3.49. The molecule has 1 atom stereocenters. The van der Waals surface area contributed by atoms with Crippen molar-refractivity contribution in [3.63, 3.8) is 0 Å². The van der Waals surface area contributed by atoms with Gasteiger partial charge in [-0.15, -0.1) is 11.3 Å². The van der Waals surface area contributed by atoms with Gasteiger partial charge in [-0.05, 0) is 25.0 Å². The number of imide groups is 1. The molecule has 1 aromatic heterocycles. The zero-order valence-corrected chi connectivity index (χ0v) is 12.5. The first-order chi connectivity index (χ1) is 10.1. The summed E-state index contributed by atoms with van der Waals surface area (Å²) in [6.45, 7) is 3.94. The maximum absolute atomic E-state index is 12.1.